The van der Waals surface area contributed by atoms with Crippen molar-refractivity contribution in [2.45, 2.75) is 13.0 Å². The lowest BCUT2D eigenvalue weighted by atomic mass is 10.1. The van der Waals surface area contributed by atoms with Crippen LogP contribution in [0.3, 0.4) is 0 Å². The molecule has 3 rings (SSSR count). The van der Waals surface area contributed by atoms with Gasteiger partial charge in [-0.15, -0.1) is 0 Å². The number of ether oxygens (including phenoxy) is 1. The molecule has 1 N–H and O–H groups in total. The van der Waals surface area contributed by atoms with Crippen molar-refractivity contribution in [1.82, 2.24) is 4.98 Å². The van der Waals surface area contributed by atoms with Crippen LogP contribution in [0.15, 0.2) is 59.2 Å². The average Bonchev–Trinajstić information content (AvgIpc) is 2.47. The second-order valence-electron chi connectivity index (χ2n) is 4.82. The molecule has 0 saturated carbocycles. The minimum absolute atomic E-state index is 0.515. The van der Waals surface area contributed by atoms with Crippen molar-refractivity contribution in [3.05, 3.63) is 64.8 Å². The highest BCUT2D eigenvalue weighted by Crippen LogP contribution is 2.31. The maximum atomic E-state index is 9.62. The van der Waals surface area contributed by atoms with Crippen molar-refractivity contribution in [1.29, 1.82) is 0 Å². The molecular weight excluding hydrogens is 330 g/mol. The number of halogens is 1. The summed E-state index contributed by atoms with van der Waals surface area (Å²) in [5.41, 5.74) is 1.73. The average molecular weight is 344 g/mol. The summed E-state index contributed by atoms with van der Waals surface area (Å²) in [6.45, 7) is 1.73. The Morgan fingerprint density at radius 3 is 2.62 bits per heavy atom. The molecule has 0 amide bonds. The molecule has 1 atom stereocenters. The fourth-order valence-corrected chi connectivity index (χ4v) is 2.85. The van der Waals surface area contributed by atoms with Gasteiger partial charge < -0.3 is 9.84 Å². The van der Waals surface area contributed by atoms with Crippen LogP contribution in [-0.4, -0.2) is 10.1 Å². The molecule has 2 aromatic carbocycles. The van der Waals surface area contributed by atoms with E-state index in [0.717, 1.165) is 26.7 Å². The zero-order valence-corrected chi connectivity index (χ0v) is 13.0. The van der Waals surface area contributed by atoms with Crippen molar-refractivity contribution >= 4 is 26.8 Å². The second kappa shape index (κ2) is 5.84. The number of nitrogens with zero attached hydrogens (tertiary/aromatic N) is 1. The van der Waals surface area contributed by atoms with Crippen LogP contribution in [0.25, 0.3) is 10.9 Å². The number of aliphatic hydroxyl groups excluding tert-OH is 1. The molecule has 106 valence electrons. The second-order valence-corrected chi connectivity index (χ2v) is 5.67. The number of fused-ring (bicyclic) bond motifs is 1. The Kier molecular flexibility index (Phi) is 3.90. The monoisotopic (exact) mass is 343 g/mol. The topological polar surface area (TPSA) is 42.4 Å². The molecule has 0 saturated heterocycles. The van der Waals surface area contributed by atoms with Gasteiger partial charge in [0.1, 0.15) is 11.5 Å². The summed E-state index contributed by atoms with van der Waals surface area (Å²) in [7, 11) is 0. The first-order valence-corrected chi connectivity index (χ1v) is 7.43. The molecule has 0 aliphatic carbocycles. The Hall–Kier alpha value is -1.91. The summed E-state index contributed by atoms with van der Waals surface area (Å²) >= 11 is 3.45. The fraction of sp³-hybridized carbons (Fsp3) is 0.118. The maximum absolute atomic E-state index is 9.62. The van der Waals surface area contributed by atoms with Crippen LogP contribution < -0.4 is 4.74 Å². The van der Waals surface area contributed by atoms with Crippen LogP contribution in [0.4, 0.5) is 0 Å². The number of aromatic nitrogens is 1. The van der Waals surface area contributed by atoms with Crippen LogP contribution in [-0.2, 0) is 0 Å². The van der Waals surface area contributed by atoms with E-state index in [-0.39, 0.29) is 0 Å². The molecule has 3 aromatic rings. The van der Waals surface area contributed by atoms with Gasteiger partial charge in [-0.25, -0.2) is 0 Å². The lowest BCUT2D eigenvalue weighted by Crippen LogP contribution is -1.93. The quantitative estimate of drug-likeness (QED) is 0.739. The first-order valence-electron chi connectivity index (χ1n) is 6.63. The number of hydrogen-bond acceptors (Lipinski definition) is 3. The number of aliphatic hydroxyl groups is 1. The molecule has 1 heterocycles. The highest BCUT2D eigenvalue weighted by atomic mass is 79.9. The van der Waals surface area contributed by atoms with Crippen LogP contribution in [0, 0.1) is 0 Å². The maximum Gasteiger partial charge on any atom is 0.129 e. The Morgan fingerprint density at radius 2 is 1.86 bits per heavy atom. The van der Waals surface area contributed by atoms with Crippen LogP contribution in [0.1, 0.15) is 18.6 Å². The lowest BCUT2D eigenvalue weighted by molar-refractivity contribution is 0.198. The van der Waals surface area contributed by atoms with E-state index in [2.05, 4.69) is 20.9 Å². The number of rotatable bonds is 3. The van der Waals surface area contributed by atoms with E-state index in [9.17, 15) is 5.11 Å². The summed E-state index contributed by atoms with van der Waals surface area (Å²) in [6, 6.07) is 15.3. The molecule has 4 heteroatoms. The van der Waals surface area contributed by atoms with Gasteiger partial charge in [-0.05, 0) is 42.8 Å². The molecule has 0 unspecified atom stereocenters. The minimum atomic E-state index is -0.515. The minimum Gasteiger partial charge on any atom is -0.457 e. The molecular formula is C17H14BrNO2. The van der Waals surface area contributed by atoms with Crippen molar-refractivity contribution in [3.8, 4) is 11.5 Å². The first kappa shape index (κ1) is 14.0. The van der Waals surface area contributed by atoms with Gasteiger partial charge in [0.15, 0.2) is 0 Å². The predicted octanol–water partition coefficient (Wildman–Crippen LogP) is 4.84. The highest BCUT2D eigenvalue weighted by Gasteiger charge is 2.08. The third-order valence-corrected chi connectivity index (χ3v) is 3.92. The van der Waals surface area contributed by atoms with Crippen molar-refractivity contribution in [2.24, 2.45) is 0 Å². The summed E-state index contributed by atoms with van der Waals surface area (Å²) in [5.74, 6) is 1.44. The van der Waals surface area contributed by atoms with Gasteiger partial charge in [0.2, 0.25) is 0 Å². The Balaban J connectivity index is 1.89. The number of pyridine rings is 1. The van der Waals surface area contributed by atoms with Gasteiger partial charge in [-0.3, -0.25) is 4.98 Å². The van der Waals surface area contributed by atoms with Gasteiger partial charge in [0.05, 0.1) is 11.6 Å². The zero-order valence-electron chi connectivity index (χ0n) is 11.5. The molecule has 0 fully saturated rings. The van der Waals surface area contributed by atoms with Crippen LogP contribution in [0.5, 0.6) is 11.5 Å². The summed E-state index contributed by atoms with van der Waals surface area (Å²) in [5, 5.41) is 10.7. The lowest BCUT2D eigenvalue weighted by Gasteiger charge is -2.11. The van der Waals surface area contributed by atoms with Gasteiger partial charge in [0, 0.05) is 22.1 Å². The molecule has 1 aromatic heterocycles. The van der Waals surface area contributed by atoms with E-state index >= 15 is 0 Å². The van der Waals surface area contributed by atoms with Crippen molar-refractivity contribution < 1.29 is 9.84 Å². The molecule has 0 bridgehead atoms. The standard InChI is InChI=1S/C17H14BrNO2/c1-11(20)15-7-6-13(9-16(15)18)21-14-5-4-12-3-2-8-19-17(12)10-14/h2-11,20H,1H3/t11-/m0/s1. The van der Waals surface area contributed by atoms with E-state index < -0.39 is 6.10 Å². The molecule has 0 spiro atoms. The molecule has 21 heavy (non-hydrogen) atoms. The smallest absolute Gasteiger partial charge is 0.129 e. The fourth-order valence-electron chi connectivity index (χ4n) is 2.16. The van der Waals surface area contributed by atoms with Crippen LogP contribution >= 0.6 is 15.9 Å². The van der Waals surface area contributed by atoms with E-state index in [1.54, 1.807) is 13.1 Å². The Labute approximate surface area is 131 Å². The number of benzene rings is 2. The molecule has 0 aliphatic heterocycles. The summed E-state index contributed by atoms with van der Waals surface area (Å²) in [6.07, 6.45) is 1.25. The van der Waals surface area contributed by atoms with Gasteiger partial charge >= 0.3 is 0 Å². The largest absolute Gasteiger partial charge is 0.457 e. The van der Waals surface area contributed by atoms with Crippen molar-refractivity contribution in [3.63, 3.8) is 0 Å². The summed E-state index contributed by atoms with van der Waals surface area (Å²) in [4.78, 5) is 4.32. The number of hydrogen-bond donors (Lipinski definition) is 1. The van der Waals surface area contributed by atoms with E-state index in [1.165, 1.54) is 0 Å². The molecule has 0 radical (unpaired) electrons. The first-order chi connectivity index (χ1) is 10.1. The van der Waals surface area contributed by atoms with Gasteiger partial charge in [-0.2, -0.15) is 0 Å². The Morgan fingerprint density at radius 1 is 1.10 bits per heavy atom. The molecule has 0 aliphatic rings. The zero-order chi connectivity index (χ0) is 14.8. The molecule has 3 nitrogen and oxygen atoms in total. The summed E-state index contributed by atoms with van der Waals surface area (Å²) < 4.78 is 6.68. The highest BCUT2D eigenvalue weighted by molar-refractivity contribution is 9.10. The third kappa shape index (κ3) is 3.06. The predicted molar refractivity (Wildman–Crippen MR) is 86.6 cm³/mol. The SMILES string of the molecule is C[C@H](O)c1ccc(Oc2ccc3cccnc3c2)cc1Br. The van der Waals surface area contributed by atoms with Crippen molar-refractivity contribution in [2.75, 3.05) is 0 Å². The van der Waals surface area contributed by atoms with E-state index in [1.807, 2.05) is 48.5 Å². The third-order valence-electron chi connectivity index (χ3n) is 3.24. The van der Waals surface area contributed by atoms with Gasteiger partial charge in [-0.1, -0.05) is 28.1 Å². The van der Waals surface area contributed by atoms with Crippen LogP contribution in [0.2, 0.25) is 0 Å². The Bertz CT molecular complexity index is 787. The van der Waals surface area contributed by atoms with Gasteiger partial charge in [0.25, 0.3) is 0 Å². The van der Waals surface area contributed by atoms with E-state index in [0.29, 0.717) is 5.75 Å². The normalized spacial score (nSPS) is 12.3. The van der Waals surface area contributed by atoms with E-state index in [4.69, 9.17) is 4.74 Å².